The fraction of sp³-hybridized carbons (Fsp3) is 0.600. The standard InChI is InChI=1S/C10H17N3O/c1-6-8(10(2,3)4)9(13-12-6)7(14)5-11/h5,11H2,1-4H3,(H,12,13). The lowest BCUT2D eigenvalue weighted by Gasteiger charge is -2.19. The molecule has 4 heteroatoms. The molecule has 0 aliphatic rings. The van der Waals surface area contributed by atoms with Crippen LogP contribution in [0.15, 0.2) is 0 Å². The number of hydrogen-bond donors (Lipinski definition) is 2. The molecule has 0 saturated heterocycles. The smallest absolute Gasteiger partial charge is 0.196 e. The number of rotatable bonds is 2. The van der Waals surface area contributed by atoms with E-state index in [1.54, 1.807) is 0 Å². The number of nitrogens with two attached hydrogens (primary N) is 1. The predicted molar refractivity (Wildman–Crippen MR) is 55.4 cm³/mol. The second-order valence-electron chi connectivity index (χ2n) is 4.45. The van der Waals surface area contributed by atoms with E-state index in [1.807, 2.05) is 6.92 Å². The number of aryl methyl sites for hydroxylation is 1. The van der Waals surface area contributed by atoms with Gasteiger partial charge >= 0.3 is 0 Å². The minimum absolute atomic E-state index is 0.00731. The van der Waals surface area contributed by atoms with Crippen LogP contribution in [0.5, 0.6) is 0 Å². The molecule has 0 aromatic carbocycles. The summed E-state index contributed by atoms with van der Waals surface area (Å²) in [6.07, 6.45) is 0. The Bertz CT molecular complexity index is 347. The van der Waals surface area contributed by atoms with E-state index < -0.39 is 0 Å². The Morgan fingerprint density at radius 1 is 1.50 bits per heavy atom. The molecule has 1 aromatic rings. The molecular formula is C10H17N3O. The topological polar surface area (TPSA) is 71.8 Å². The van der Waals surface area contributed by atoms with Crippen LogP contribution in [-0.2, 0) is 5.41 Å². The molecule has 0 bridgehead atoms. The fourth-order valence-electron chi connectivity index (χ4n) is 1.65. The summed E-state index contributed by atoms with van der Waals surface area (Å²) in [5.41, 5.74) is 7.62. The number of aromatic amines is 1. The van der Waals surface area contributed by atoms with E-state index in [1.165, 1.54) is 0 Å². The van der Waals surface area contributed by atoms with Crippen molar-refractivity contribution in [3.8, 4) is 0 Å². The van der Waals surface area contributed by atoms with Crippen LogP contribution in [0.4, 0.5) is 0 Å². The highest BCUT2D eigenvalue weighted by atomic mass is 16.1. The Morgan fingerprint density at radius 2 is 2.07 bits per heavy atom. The van der Waals surface area contributed by atoms with E-state index in [0.29, 0.717) is 5.69 Å². The number of hydrogen-bond acceptors (Lipinski definition) is 3. The second-order valence-corrected chi connectivity index (χ2v) is 4.45. The van der Waals surface area contributed by atoms with Gasteiger partial charge in [-0.05, 0) is 12.3 Å². The van der Waals surface area contributed by atoms with E-state index in [2.05, 4.69) is 31.0 Å². The third-order valence-electron chi connectivity index (χ3n) is 2.15. The number of Topliss-reactive ketones (excluding diaryl/α,β-unsaturated/α-hetero) is 1. The number of aromatic nitrogens is 2. The largest absolute Gasteiger partial charge is 0.324 e. The average molecular weight is 195 g/mol. The van der Waals surface area contributed by atoms with Gasteiger partial charge in [-0.25, -0.2) is 0 Å². The van der Waals surface area contributed by atoms with Crippen molar-refractivity contribution in [3.05, 3.63) is 17.0 Å². The molecule has 0 atom stereocenters. The van der Waals surface area contributed by atoms with Gasteiger partial charge in [0.25, 0.3) is 0 Å². The first-order valence-corrected chi connectivity index (χ1v) is 4.66. The number of ketones is 1. The highest BCUT2D eigenvalue weighted by molar-refractivity contribution is 5.97. The first kappa shape index (κ1) is 10.9. The van der Waals surface area contributed by atoms with Gasteiger partial charge in [0.05, 0.1) is 6.54 Å². The van der Waals surface area contributed by atoms with Crippen molar-refractivity contribution in [2.45, 2.75) is 33.1 Å². The lowest BCUT2D eigenvalue weighted by Crippen LogP contribution is -2.21. The zero-order chi connectivity index (χ0) is 10.9. The summed E-state index contributed by atoms with van der Waals surface area (Å²) in [7, 11) is 0. The number of nitrogens with zero attached hydrogens (tertiary/aromatic N) is 1. The van der Waals surface area contributed by atoms with Crippen molar-refractivity contribution in [2.24, 2.45) is 5.73 Å². The molecule has 4 nitrogen and oxygen atoms in total. The zero-order valence-corrected chi connectivity index (χ0v) is 9.14. The average Bonchev–Trinajstić information content (AvgIpc) is 2.44. The maximum absolute atomic E-state index is 11.5. The van der Waals surface area contributed by atoms with E-state index in [4.69, 9.17) is 5.73 Å². The molecule has 78 valence electrons. The Balaban J connectivity index is 3.27. The first-order chi connectivity index (χ1) is 6.38. The number of nitrogens with one attached hydrogen (secondary N) is 1. The molecule has 1 aromatic heterocycles. The van der Waals surface area contributed by atoms with Gasteiger partial charge < -0.3 is 5.73 Å². The third-order valence-corrected chi connectivity index (χ3v) is 2.15. The normalized spacial score (nSPS) is 11.8. The zero-order valence-electron chi connectivity index (χ0n) is 9.14. The molecule has 1 heterocycles. The molecule has 0 unspecified atom stereocenters. The van der Waals surface area contributed by atoms with Crippen LogP contribution in [0.3, 0.4) is 0 Å². The molecule has 0 spiro atoms. The molecule has 0 radical (unpaired) electrons. The van der Waals surface area contributed by atoms with Gasteiger partial charge in [0.15, 0.2) is 5.78 Å². The second kappa shape index (κ2) is 3.53. The molecule has 0 fully saturated rings. The summed E-state index contributed by atoms with van der Waals surface area (Å²) in [4.78, 5) is 11.5. The van der Waals surface area contributed by atoms with Gasteiger partial charge in [0.1, 0.15) is 5.69 Å². The van der Waals surface area contributed by atoms with Gasteiger partial charge in [-0.15, -0.1) is 0 Å². The van der Waals surface area contributed by atoms with Crippen LogP contribution in [-0.4, -0.2) is 22.5 Å². The molecule has 0 saturated carbocycles. The van der Waals surface area contributed by atoms with Crippen molar-refractivity contribution in [1.82, 2.24) is 10.2 Å². The van der Waals surface area contributed by atoms with Crippen LogP contribution in [0, 0.1) is 6.92 Å². The lowest BCUT2D eigenvalue weighted by atomic mass is 9.84. The van der Waals surface area contributed by atoms with E-state index in [9.17, 15) is 4.79 Å². The Labute approximate surface area is 83.9 Å². The minimum atomic E-state index is -0.112. The van der Waals surface area contributed by atoms with Crippen molar-refractivity contribution < 1.29 is 4.79 Å². The fourth-order valence-corrected chi connectivity index (χ4v) is 1.65. The molecule has 0 aliphatic heterocycles. The van der Waals surface area contributed by atoms with Gasteiger partial charge in [0, 0.05) is 11.3 Å². The maximum atomic E-state index is 11.5. The molecule has 1 rings (SSSR count). The summed E-state index contributed by atoms with van der Waals surface area (Å²) in [5, 5.41) is 6.83. The van der Waals surface area contributed by atoms with Gasteiger partial charge in [-0.1, -0.05) is 20.8 Å². The summed E-state index contributed by atoms with van der Waals surface area (Å²) < 4.78 is 0. The van der Waals surface area contributed by atoms with Crippen LogP contribution in [0.1, 0.15) is 42.5 Å². The van der Waals surface area contributed by atoms with E-state index >= 15 is 0 Å². The summed E-state index contributed by atoms with van der Waals surface area (Å²) in [6, 6.07) is 0. The summed E-state index contributed by atoms with van der Waals surface area (Å²) >= 11 is 0. The van der Waals surface area contributed by atoms with Crippen LogP contribution >= 0.6 is 0 Å². The van der Waals surface area contributed by atoms with Crippen molar-refractivity contribution in [2.75, 3.05) is 6.54 Å². The van der Waals surface area contributed by atoms with Crippen molar-refractivity contribution >= 4 is 5.78 Å². The van der Waals surface area contributed by atoms with Gasteiger partial charge in [0.2, 0.25) is 0 Å². The number of carbonyl (C=O) groups is 1. The molecule has 3 N–H and O–H groups in total. The molecular weight excluding hydrogens is 178 g/mol. The predicted octanol–water partition coefficient (Wildman–Crippen LogP) is 1.16. The Kier molecular flexibility index (Phi) is 2.76. The summed E-state index contributed by atoms with van der Waals surface area (Å²) in [6.45, 7) is 8.09. The molecule has 14 heavy (non-hydrogen) atoms. The van der Waals surface area contributed by atoms with Crippen LogP contribution in [0.2, 0.25) is 0 Å². The van der Waals surface area contributed by atoms with Gasteiger partial charge in [-0.2, -0.15) is 5.10 Å². The van der Waals surface area contributed by atoms with E-state index in [-0.39, 0.29) is 17.7 Å². The molecule has 0 amide bonds. The minimum Gasteiger partial charge on any atom is -0.324 e. The highest BCUT2D eigenvalue weighted by Gasteiger charge is 2.26. The third kappa shape index (κ3) is 1.85. The lowest BCUT2D eigenvalue weighted by molar-refractivity contribution is 0.0994. The summed E-state index contributed by atoms with van der Waals surface area (Å²) in [5.74, 6) is -0.112. The van der Waals surface area contributed by atoms with E-state index in [0.717, 1.165) is 11.3 Å². The number of H-pyrrole nitrogens is 1. The monoisotopic (exact) mass is 195 g/mol. The maximum Gasteiger partial charge on any atom is 0.196 e. The Morgan fingerprint density at radius 3 is 2.50 bits per heavy atom. The van der Waals surface area contributed by atoms with Crippen molar-refractivity contribution in [3.63, 3.8) is 0 Å². The quantitative estimate of drug-likeness (QED) is 0.695. The molecule has 0 aliphatic carbocycles. The number of carbonyl (C=O) groups excluding carboxylic acids is 1. The van der Waals surface area contributed by atoms with Crippen molar-refractivity contribution in [1.29, 1.82) is 0 Å². The van der Waals surface area contributed by atoms with Crippen LogP contribution in [0.25, 0.3) is 0 Å². The first-order valence-electron chi connectivity index (χ1n) is 4.66. The van der Waals surface area contributed by atoms with Gasteiger partial charge in [-0.3, -0.25) is 9.89 Å². The Hall–Kier alpha value is -1.16. The SMILES string of the molecule is Cc1[nH]nc(C(=O)CN)c1C(C)(C)C. The highest BCUT2D eigenvalue weighted by Crippen LogP contribution is 2.27. The van der Waals surface area contributed by atoms with Crippen LogP contribution < -0.4 is 5.73 Å².